The molecular weight excluding hydrogens is 262 g/mol. The van der Waals surface area contributed by atoms with E-state index in [-0.39, 0.29) is 0 Å². The van der Waals surface area contributed by atoms with Gasteiger partial charge in [-0.15, -0.1) is 0 Å². The molecule has 0 amide bonds. The largest absolute Gasteiger partial charge is 0.496 e. The Morgan fingerprint density at radius 2 is 2.29 bits per heavy atom. The summed E-state index contributed by atoms with van der Waals surface area (Å²) in [4.78, 5) is 0. The van der Waals surface area contributed by atoms with Gasteiger partial charge in [-0.1, -0.05) is 19.1 Å². The lowest BCUT2D eigenvalue weighted by Crippen LogP contribution is -2.22. The summed E-state index contributed by atoms with van der Waals surface area (Å²) in [5.41, 5.74) is 2.52. The molecule has 0 aromatic heterocycles. The number of nitrogens with one attached hydrogen (secondary N) is 1. The third kappa shape index (κ3) is 4.72. The molecule has 0 saturated carbocycles. The molecule has 1 heterocycles. The van der Waals surface area contributed by atoms with Crippen LogP contribution in [0.5, 0.6) is 5.75 Å². The highest BCUT2D eigenvalue weighted by molar-refractivity contribution is 5.39. The molecular formula is C18H29NO2. The molecule has 1 aliphatic rings. The molecule has 118 valence electrons. The van der Waals surface area contributed by atoms with Gasteiger partial charge in [-0.3, -0.25) is 0 Å². The molecule has 0 radical (unpaired) electrons. The van der Waals surface area contributed by atoms with Crippen LogP contribution in [-0.2, 0) is 4.74 Å². The van der Waals surface area contributed by atoms with Gasteiger partial charge in [-0.25, -0.2) is 0 Å². The molecule has 2 atom stereocenters. The lowest BCUT2D eigenvalue weighted by Gasteiger charge is -2.22. The standard InChI is InChI=1S/C18H29NO2/c1-4-19-17(9-5-7-15-8-6-12-21-15)16-11-10-14(2)13-18(16)20-3/h10-11,13,15,17,19H,4-9,12H2,1-3H3. The maximum Gasteiger partial charge on any atom is 0.123 e. The van der Waals surface area contributed by atoms with Gasteiger partial charge >= 0.3 is 0 Å². The predicted octanol–water partition coefficient (Wildman–Crippen LogP) is 4.00. The van der Waals surface area contributed by atoms with E-state index in [4.69, 9.17) is 9.47 Å². The second kappa shape index (κ2) is 8.40. The topological polar surface area (TPSA) is 30.5 Å². The molecule has 1 aliphatic heterocycles. The van der Waals surface area contributed by atoms with E-state index in [1.165, 1.54) is 36.8 Å². The van der Waals surface area contributed by atoms with Crippen molar-refractivity contribution < 1.29 is 9.47 Å². The fourth-order valence-electron chi connectivity index (χ4n) is 3.14. The van der Waals surface area contributed by atoms with Crippen LogP contribution < -0.4 is 10.1 Å². The van der Waals surface area contributed by atoms with E-state index in [2.05, 4.69) is 37.4 Å². The summed E-state index contributed by atoms with van der Waals surface area (Å²) in [6.07, 6.45) is 6.46. The molecule has 3 heteroatoms. The van der Waals surface area contributed by atoms with E-state index < -0.39 is 0 Å². The fourth-order valence-corrected chi connectivity index (χ4v) is 3.14. The second-order valence-corrected chi connectivity index (χ2v) is 5.92. The van der Waals surface area contributed by atoms with Gasteiger partial charge in [0.05, 0.1) is 13.2 Å². The monoisotopic (exact) mass is 291 g/mol. The Kier molecular flexibility index (Phi) is 6.52. The first-order valence-corrected chi connectivity index (χ1v) is 8.24. The number of hydrogen-bond acceptors (Lipinski definition) is 3. The molecule has 1 N–H and O–H groups in total. The Morgan fingerprint density at radius 3 is 2.95 bits per heavy atom. The zero-order chi connectivity index (χ0) is 15.1. The van der Waals surface area contributed by atoms with Gasteiger partial charge in [0.2, 0.25) is 0 Å². The first kappa shape index (κ1) is 16.3. The molecule has 1 aromatic rings. The quantitative estimate of drug-likeness (QED) is 0.785. The molecule has 3 nitrogen and oxygen atoms in total. The minimum absolute atomic E-state index is 0.368. The maximum absolute atomic E-state index is 5.72. The molecule has 2 rings (SSSR count). The van der Waals surface area contributed by atoms with Crippen LogP contribution in [0.25, 0.3) is 0 Å². The Labute approximate surface area is 129 Å². The van der Waals surface area contributed by atoms with Crippen molar-refractivity contribution in [3.63, 3.8) is 0 Å². The zero-order valence-corrected chi connectivity index (χ0v) is 13.7. The normalized spacial score (nSPS) is 19.7. The molecule has 0 aliphatic carbocycles. The molecule has 1 saturated heterocycles. The van der Waals surface area contributed by atoms with Crippen molar-refractivity contribution in [3.8, 4) is 5.75 Å². The molecule has 1 fully saturated rings. The smallest absolute Gasteiger partial charge is 0.123 e. The van der Waals surface area contributed by atoms with Crippen molar-refractivity contribution in [2.45, 2.75) is 58.1 Å². The van der Waals surface area contributed by atoms with Gasteiger partial charge in [0.15, 0.2) is 0 Å². The van der Waals surface area contributed by atoms with Crippen LogP contribution in [0, 0.1) is 6.92 Å². The maximum atomic E-state index is 5.72. The van der Waals surface area contributed by atoms with Crippen molar-refractivity contribution >= 4 is 0 Å². The highest BCUT2D eigenvalue weighted by atomic mass is 16.5. The summed E-state index contributed by atoms with van der Waals surface area (Å²) in [5, 5.41) is 3.60. The summed E-state index contributed by atoms with van der Waals surface area (Å²) >= 11 is 0. The van der Waals surface area contributed by atoms with Crippen molar-refractivity contribution in [2.24, 2.45) is 0 Å². The molecule has 0 spiro atoms. The Hall–Kier alpha value is -1.06. The van der Waals surface area contributed by atoms with Gasteiger partial charge in [0.25, 0.3) is 0 Å². The van der Waals surface area contributed by atoms with Crippen molar-refractivity contribution in [1.29, 1.82) is 0 Å². The van der Waals surface area contributed by atoms with Crippen molar-refractivity contribution in [2.75, 3.05) is 20.3 Å². The van der Waals surface area contributed by atoms with Crippen LogP contribution in [0.1, 0.15) is 56.2 Å². The average Bonchev–Trinajstić information content (AvgIpc) is 2.99. The van der Waals surface area contributed by atoms with E-state index in [0.717, 1.165) is 25.3 Å². The van der Waals surface area contributed by atoms with Crippen molar-refractivity contribution in [3.05, 3.63) is 29.3 Å². The van der Waals surface area contributed by atoms with E-state index >= 15 is 0 Å². The molecule has 0 bridgehead atoms. The van der Waals surface area contributed by atoms with Crippen LogP contribution in [0.15, 0.2) is 18.2 Å². The first-order valence-electron chi connectivity index (χ1n) is 8.24. The van der Waals surface area contributed by atoms with E-state index in [1.807, 2.05) is 0 Å². The van der Waals surface area contributed by atoms with Crippen LogP contribution in [0.3, 0.4) is 0 Å². The summed E-state index contributed by atoms with van der Waals surface area (Å²) < 4.78 is 11.3. The zero-order valence-electron chi connectivity index (χ0n) is 13.7. The highest BCUT2D eigenvalue weighted by Gasteiger charge is 2.18. The van der Waals surface area contributed by atoms with Gasteiger partial charge < -0.3 is 14.8 Å². The lowest BCUT2D eigenvalue weighted by atomic mass is 9.97. The van der Waals surface area contributed by atoms with Crippen LogP contribution in [0.2, 0.25) is 0 Å². The van der Waals surface area contributed by atoms with Crippen LogP contribution in [-0.4, -0.2) is 26.4 Å². The minimum Gasteiger partial charge on any atom is -0.496 e. The summed E-state index contributed by atoms with van der Waals surface area (Å²) in [5.74, 6) is 0.998. The Morgan fingerprint density at radius 1 is 1.43 bits per heavy atom. The number of rotatable bonds is 8. The summed E-state index contributed by atoms with van der Waals surface area (Å²) in [6, 6.07) is 6.86. The van der Waals surface area contributed by atoms with Gasteiger partial charge in [0, 0.05) is 18.2 Å². The van der Waals surface area contributed by atoms with Gasteiger partial charge in [-0.2, -0.15) is 0 Å². The SMILES string of the molecule is CCNC(CCCC1CCCO1)c1ccc(C)cc1OC. The van der Waals surface area contributed by atoms with Crippen LogP contribution >= 0.6 is 0 Å². The predicted molar refractivity (Wildman–Crippen MR) is 87.0 cm³/mol. The van der Waals surface area contributed by atoms with E-state index in [0.29, 0.717) is 12.1 Å². The third-order valence-electron chi connectivity index (χ3n) is 4.26. The average molecular weight is 291 g/mol. The van der Waals surface area contributed by atoms with Crippen LogP contribution in [0.4, 0.5) is 0 Å². The summed E-state index contributed by atoms with van der Waals surface area (Å²) in [6.45, 7) is 6.19. The second-order valence-electron chi connectivity index (χ2n) is 5.92. The Bertz CT molecular complexity index is 427. The lowest BCUT2D eigenvalue weighted by molar-refractivity contribution is 0.101. The fraction of sp³-hybridized carbons (Fsp3) is 0.667. The third-order valence-corrected chi connectivity index (χ3v) is 4.26. The number of ether oxygens (including phenoxy) is 2. The minimum atomic E-state index is 0.368. The molecule has 2 unspecified atom stereocenters. The number of benzene rings is 1. The Balaban J connectivity index is 1.96. The highest BCUT2D eigenvalue weighted by Crippen LogP contribution is 2.30. The number of methoxy groups -OCH3 is 1. The molecule has 21 heavy (non-hydrogen) atoms. The van der Waals surface area contributed by atoms with Gasteiger partial charge in [0.1, 0.15) is 5.75 Å². The summed E-state index contributed by atoms with van der Waals surface area (Å²) in [7, 11) is 1.76. The molecule has 1 aromatic carbocycles. The number of hydrogen-bond donors (Lipinski definition) is 1. The van der Waals surface area contributed by atoms with E-state index in [9.17, 15) is 0 Å². The first-order chi connectivity index (χ1) is 10.2. The van der Waals surface area contributed by atoms with Gasteiger partial charge in [-0.05, 0) is 57.2 Å². The van der Waals surface area contributed by atoms with Crippen molar-refractivity contribution in [1.82, 2.24) is 5.32 Å². The number of aryl methyl sites for hydroxylation is 1. The van der Waals surface area contributed by atoms with E-state index in [1.54, 1.807) is 7.11 Å².